The summed E-state index contributed by atoms with van der Waals surface area (Å²) in [6, 6.07) is 15.2. The molecule has 4 rings (SSSR count). The van der Waals surface area contributed by atoms with Gasteiger partial charge < -0.3 is 4.74 Å². The molecule has 0 spiro atoms. The summed E-state index contributed by atoms with van der Waals surface area (Å²) in [5.74, 6) is -0.0785. The van der Waals surface area contributed by atoms with Gasteiger partial charge in [0.2, 0.25) is 5.88 Å². The maximum Gasteiger partial charge on any atom is 0.226 e. The van der Waals surface area contributed by atoms with E-state index in [1.165, 1.54) is 29.8 Å². The summed E-state index contributed by atoms with van der Waals surface area (Å²) >= 11 is 1.45. The molecule has 6 heteroatoms. The molecule has 0 bridgehead atoms. The number of ketones is 1. The SMILES string of the molecule is O=C(COc1ncnc2scc(-c3ccc(F)cc3)c12)c1ccccc1. The van der Waals surface area contributed by atoms with Gasteiger partial charge in [0.25, 0.3) is 0 Å². The fourth-order valence-corrected chi connectivity index (χ4v) is 3.55. The summed E-state index contributed by atoms with van der Waals surface area (Å²) in [6.45, 7) is -0.116. The van der Waals surface area contributed by atoms with Gasteiger partial charge in [0.05, 0.1) is 5.39 Å². The highest BCUT2D eigenvalue weighted by atomic mass is 32.1. The lowest BCUT2D eigenvalue weighted by atomic mass is 10.1. The number of hydrogen-bond donors (Lipinski definition) is 0. The van der Waals surface area contributed by atoms with Crippen molar-refractivity contribution >= 4 is 27.3 Å². The molecule has 0 saturated heterocycles. The van der Waals surface area contributed by atoms with E-state index < -0.39 is 0 Å². The summed E-state index contributed by atoms with van der Waals surface area (Å²) in [5.41, 5.74) is 2.28. The minimum absolute atomic E-state index is 0.116. The van der Waals surface area contributed by atoms with E-state index in [4.69, 9.17) is 4.74 Å². The Morgan fingerprint density at radius 1 is 1.04 bits per heavy atom. The van der Waals surface area contributed by atoms with Crippen LogP contribution in [0.1, 0.15) is 10.4 Å². The van der Waals surface area contributed by atoms with E-state index in [9.17, 15) is 9.18 Å². The van der Waals surface area contributed by atoms with Crippen molar-refractivity contribution in [2.45, 2.75) is 0 Å². The Bertz CT molecular complexity index is 1060. The van der Waals surface area contributed by atoms with Crippen molar-refractivity contribution in [3.05, 3.63) is 77.7 Å². The van der Waals surface area contributed by atoms with Gasteiger partial charge in [-0.05, 0) is 17.7 Å². The van der Waals surface area contributed by atoms with Crippen molar-refractivity contribution in [2.75, 3.05) is 6.61 Å². The fourth-order valence-electron chi connectivity index (χ4n) is 2.64. The topological polar surface area (TPSA) is 52.1 Å². The Kier molecular flexibility index (Phi) is 4.41. The number of fused-ring (bicyclic) bond motifs is 1. The van der Waals surface area contributed by atoms with Crippen LogP contribution in [0.25, 0.3) is 21.3 Å². The molecule has 26 heavy (non-hydrogen) atoms. The Labute approximate surface area is 152 Å². The van der Waals surface area contributed by atoms with Crippen LogP contribution in [0.3, 0.4) is 0 Å². The summed E-state index contributed by atoms with van der Waals surface area (Å²) in [4.78, 5) is 21.5. The zero-order valence-electron chi connectivity index (χ0n) is 13.6. The Morgan fingerprint density at radius 3 is 2.58 bits per heavy atom. The largest absolute Gasteiger partial charge is 0.469 e. The average molecular weight is 364 g/mol. The van der Waals surface area contributed by atoms with Crippen LogP contribution in [-0.4, -0.2) is 22.4 Å². The van der Waals surface area contributed by atoms with Crippen LogP contribution in [0.5, 0.6) is 5.88 Å². The number of halogens is 1. The van der Waals surface area contributed by atoms with Crippen molar-refractivity contribution in [3.63, 3.8) is 0 Å². The van der Waals surface area contributed by atoms with E-state index in [1.54, 1.807) is 24.3 Å². The van der Waals surface area contributed by atoms with E-state index in [-0.39, 0.29) is 18.2 Å². The van der Waals surface area contributed by atoms with E-state index in [1.807, 2.05) is 23.6 Å². The molecule has 2 aromatic heterocycles. The quantitative estimate of drug-likeness (QED) is 0.479. The first kappa shape index (κ1) is 16.4. The van der Waals surface area contributed by atoms with Crippen LogP contribution in [0.4, 0.5) is 4.39 Å². The molecule has 0 unspecified atom stereocenters. The molecule has 0 radical (unpaired) electrons. The van der Waals surface area contributed by atoms with Gasteiger partial charge in [-0.1, -0.05) is 42.5 Å². The summed E-state index contributed by atoms with van der Waals surface area (Å²) < 4.78 is 18.9. The molecule has 0 aliphatic rings. The fraction of sp³-hybridized carbons (Fsp3) is 0.0500. The molecule has 0 fully saturated rings. The lowest BCUT2D eigenvalue weighted by molar-refractivity contribution is 0.0919. The minimum atomic E-state index is -0.297. The van der Waals surface area contributed by atoms with Crippen molar-refractivity contribution in [3.8, 4) is 17.0 Å². The summed E-state index contributed by atoms with van der Waals surface area (Å²) in [5, 5.41) is 2.66. The third-order valence-electron chi connectivity index (χ3n) is 3.93. The average Bonchev–Trinajstić information content (AvgIpc) is 3.12. The standard InChI is InChI=1S/C20H13FN2O2S/c21-15-8-6-13(7-9-15)16-11-26-20-18(16)19(22-12-23-20)25-10-17(24)14-4-2-1-3-5-14/h1-9,11-12H,10H2. The van der Waals surface area contributed by atoms with Gasteiger partial charge in [-0.25, -0.2) is 14.4 Å². The molecule has 4 aromatic rings. The van der Waals surface area contributed by atoms with Crippen LogP contribution >= 0.6 is 11.3 Å². The van der Waals surface area contributed by atoms with Gasteiger partial charge in [-0.15, -0.1) is 11.3 Å². The molecule has 2 aromatic carbocycles. The highest BCUT2D eigenvalue weighted by Gasteiger charge is 2.15. The predicted octanol–water partition coefficient (Wildman–Crippen LogP) is 4.76. The number of benzene rings is 2. The number of carbonyl (C=O) groups is 1. The first-order valence-corrected chi connectivity index (χ1v) is 8.79. The zero-order chi connectivity index (χ0) is 17.9. The molecule has 0 N–H and O–H groups in total. The maximum absolute atomic E-state index is 13.2. The minimum Gasteiger partial charge on any atom is -0.469 e. The molecule has 128 valence electrons. The molecule has 0 saturated carbocycles. The maximum atomic E-state index is 13.2. The van der Waals surface area contributed by atoms with E-state index in [0.29, 0.717) is 11.4 Å². The number of nitrogens with zero attached hydrogens (tertiary/aromatic N) is 2. The van der Waals surface area contributed by atoms with Gasteiger partial charge in [-0.3, -0.25) is 4.79 Å². The molecule has 0 aliphatic carbocycles. The molecule has 4 nitrogen and oxygen atoms in total. The number of rotatable bonds is 5. The second-order valence-corrected chi connectivity index (χ2v) is 6.45. The van der Waals surface area contributed by atoms with Gasteiger partial charge in [0, 0.05) is 16.5 Å². The van der Waals surface area contributed by atoms with E-state index in [0.717, 1.165) is 21.3 Å². The molecular formula is C20H13FN2O2S. The highest BCUT2D eigenvalue weighted by molar-refractivity contribution is 7.17. The Morgan fingerprint density at radius 2 is 1.81 bits per heavy atom. The second kappa shape index (κ2) is 7.01. The van der Waals surface area contributed by atoms with Gasteiger partial charge in [-0.2, -0.15) is 0 Å². The Balaban J connectivity index is 1.66. The first-order chi connectivity index (χ1) is 12.7. The lowest BCUT2D eigenvalue weighted by Gasteiger charge is -2.07. The van der Waals surface area contributed by atoms with Crippen LogP contribution < -0.4 is 4.74 Å². The van der Waals surface area contributed by atoms with Crippen LogP contribution in [0.2, 0.25) is 0 Å². The summed E-state index contributed by atoms with van der Waals surface area (Å²) in [7, 11) is 0. The normalized spacial score (nSPS) is 10.8. The monoisotopic (exact) mass is 364 g/mol. The van der Waals surface area contributed by atoms with Crippen molar-refractivity contribution in [1.82, 2.24) is 9.97 Å². The number of carbonyl (C=O) groups excluding carboxylic acids is 1. The third kappa shape index (κ3) is 3.19. The number of aromatic nitrogens is 2. The number of hydrogen-bond acceptors (Lipinski definition) is 5. The van der Waals surface area contributed by atoms with Crippen LogP contribution in [0, 0.1) is 5.82 Å². The molecule has 2 heterocycles. The second-order valence-electron chi connectivity index (χ2n) is 5.59. The number of Topliss-reactive ketones (excluding diaryl/α,β-unsaturated/α-hetero) is 1. The highest BCUT2D eigenvalue weighted by Crippen LogP contribution is 2.37. The van der Waals surface area contributed by atoms with Gasteiger partial charge >= 0.3 is 0 Å². The first-order valence-electron chi connectivity index (χ1n) is 7.91. The van der Waals surface area contributed by atoms with Gasteiger partial charge in [0.15, 0.2) is 12.4 Å². The molecular weight excluding hydrogens is 351 g/mol. The van der Waals surface area contributed by atoms with Crippen molar-refractivity contribution in [1.29, 1.82) is 0 Å². The third-order valence-corrected chi connectivity index (χ3v) is 4.81. The molecule has 0 amide bonds. The van der Waals surface area contributed by atoms with Crippen molar-refractivity contribution in [2.24, 2.45) is 0 Å². The summed E-state index contributed by atoms with van der Waals surface area (Å²) in [6.07, 6.45) is 1.41. The van der Waals surface area contributed by atoms with Crippen molar-refractivity contribution < 1.29 is 13.9 Å². The number of ether oxygens (including phenoxy) is 1. The lowest BCUT2D eigenvalue weighted by Crippen LogP contribution is -2.12. The van der Waals surface area contributed by atoms with Gasteiger partial charge in [0.1, 0.15) is 17.0 Å². The smallest absolute Gasteiger partial charge is 0.226 e. The molecule has 0 aliphatic heterocycles. The Hall–Kier alpha value is -3.12. The van der Waals surface area contributed by atoms with E-state index >= 15 is 0 Å². The zero-order valence-corrected chi connectivity index (χ0v) is 14.4. The molecule has 0 atom stereocenters. The van der Waals surface area contributed by atoms with E-state index in [2.05, 4.69) is 9.97 Å². The predicted molar refractivity (Wildman–Crippen MR) is 99.1 cm³/mol. The number of thiophene rings is 1. The van der Waals surface area contributed by atoms with Crippen LogP contribution in [-0.2, 0) is 0 Å². The van der Waals surface area contributed by atoms with Crippen LogP contribution in [0.15, 0.2) is 66.3 Å².